The van der Waals surface area contributed by atoms with Gasteiger partial charge < -0.3 is 5.32 Å². The van der Waals surface area contributed by atoms with Crippen LogP contribution in [0.1, 0.15) is 56.2 Å². The number of hydroxylamine groups is 1. The molecule has 3 heterocycles. The summed E-state index contributed by atoms with van der Waals surface area (Å²) in [7, 11) is 1.96. The molecular weight excluding hydrogens is 314 g/mol. The topological polar surface area (TPSA) is 64.0 Å². The third-order valence-corrected chi connectivity index (χ3v) is 5.99. The lowest BCUT2D eigenvalue weighted by Gasteiger charge is -2.33. The summed E-state index contributed by atoms with van der Waals surface area (Å²) in [6.45, 7) is 2.06. The minimum absolute atomic E-state index is 0.0983. The first-order valence-corrected chi connectivity index (χ1v) is 9.41. The van der Waals surface area contributed by atoms with Crippen molar-refractivity contribution >= 4 is 22.4 Å². The molecule has 2 aromatic rings. The normalized spacial score (nSPS) is 22.2. The van der Waals surface area contributed by atoms with Crippen molar-refractivity contribution in [1.29, 1.82) is 0 Å². The van der Waals surface area contributed by atoms with E-state index in [1.807, 2.05) is 17.9 Å². The van der Waals surface area contributed by atoms with E-state index in [0.717, 1.165) is 46.5 Å². The lowest BCUT2D eigenvalue weighted by Crippen LogP contribution is -2.36. The van der Waals surface area contributed by atoms with Crippen molar-refractivity contribution < 1.29 is 4.84 Å². The SMILES string of the molecule is Cc1nn(C)c2ncc(C3=CC4(CCC4)ON3)c(NC3CCCC3)c12. The maximum absolute atomic E-state index is 5.90. The van der Waals surface area contributed by atoms with Gasteiger partial charge in [-0.1, -0.05) is 12.8 Å². The molecule has 0 amide bonds. The van der Waals surface area contributed by atoms with Gasteiger partial charge in [-0.15, -0.1) is 0 Å². The number of pyridine rings is 1. The number of aromatic nitrogens is 3. The van der Waals surface area contributed by atoms with Gasteiger partial charge in [0.25, 0.3) is 0 Å². The Balaban J connectivity index is 1.64. The summed E-state index contributed by atoms with van der Waals surface area (Å²) < 4.78 is 1.87. The van der Waals surface area contributed by atoms with Crippen LogP contribution < -0.4 is 10.8 Å². The fraction of sp³-hybridized carbons (Fsp3) is 0.579. The molecular formula is C19H25N5O. The molecule has 3 aliphatic rings. The Morgan fingerprint density at radius 3 is 2.76 bits per heavy atom. The maximum atomic E-state index is 5.90. The molecule has 0 saturated heterocycles. The lowest BCUT2D eigenvalue weighted by atomic mass is 9.80. The van der Waals surface area contributed by atoms with Gasteiger partial charge in [-0.2, -0.15) is 5.10 Å². The third kappa shape index (κ3) is 2.34. The Labute approximate surface area is 147 Å². The van der Waals surface area contributed by atoms with Crippen molar-refractivity contribution in [2.75, 3.05) is 5.32 Å². The quantitative estimate of drug-likeness (QED) is 0.897. The molecule has 0 bridgehead atoms. The molecule has 6 nitrogen and oxygen atoms in total. The number of hydrogen-bond donors (Lipinski definition) is 2. The Bertz CT molecular complexity index is 858. The van der Waals surface area contributed by atoms with Crippen LogP contribution in [0.4, 0.5) is 5.69 Å². The summed E-state index contributed by atoms with van der Waals surface area (Å²) in [6.07, 6.45) is 12.7. The molecule has 0 atom stereocenters. The van der Waals surface area contributed by atoms with Crippen LogP contribution >= 0.6 is 0 Å². The molecule has 25 heavy (non-hydrogen) atoms. The highest BCUT2D eigenvalue weighted by molar-refractivity contribution is 5.97. The van der Waals surface area contributed by atoms with Crippen LogP contribution in [0.25, 0.3) is 16.7 Å². The number of anilines is 1. The second-order valence-corrected chi connectivity index (χ2v) is 7.76. The van der Waals surface area contributed by atoms with Gasteiger partial charge in [-0.05, 0) is 45.1 Å². The Morgan fingerprint density at radius 2 is 2.08 bits per heavy atom. The average molecular weight is 339 g/mol. The van der Waals surface area contributed by atoms with Crippen LogP contribution in [0.3, 0.4) is 0 Å². The van der Waals surface area contributed by atoms with E-state index in [1.54, 1.807) is 0 Å². The number of fused-ring (bicyclic) bond motifs is 1. The summed E-state index contributed by atoms with van der Waals surface area (Å²) in [5.41, 5.74) is 8.32. The van der Waals surface area contributed by atoms with Gasteiger partial charge in [0, 0.05) is 24.8 Å². The zero-order chi connectivity index (χ0) is 17.0. The van der Waals surface area contributed by atoms with E-state index in [4.69, 9.17) is 9.82 Å². The van der Waals surface area contributed by atoms with E-state index < -0.39 is 0 Å². The van der Waals surface area contributed by atoms with Crippen molar-refractivity contribution in [3.63, 3.8) is 0 Å². The highest BCUT2D eigenvalue weighted by atomic mass is 16.7. The van der Waals surface area contributed by atoms with E-state index in [9.17, 15) is 0 Å². The zero-order valence-electron chi connectivity index (χ0n) is 14.9. The molecule has 0 unspecified atom stereocenters. The molecule has 2 fully saturated rings. The third-order valence-electron chi connectivity index (χ3n) is 5.99. The van der Waals surface area contributed by atoms with Gasteiger partial charge in [-0.3, -0.25) is 15.0 Å². The van der Waals surface area contributed by atoms with E-state index >= 15 is 0 Å². The van der Waals surface area contributed by atoms with Crippen LogP contribution in [0.2, 0.25) is 0 Å². The Hall–Kier alpha value is -2.08. The molecule has 6 heteroatoms. The second-order valence-electron chi connectivity index (χ2n) is 7.76. The van der Waals surface area contributed by atoms with Gasteiger partial charge >= 0.3 is 0 Å². The molecule has 1 aliphatic heterocycles. The predicted molar refractivity (Wildman–Crippen MR) is 97.9 cm³/mol. The van der Waals surface area contributed by atoms with Crippen molar-refractivity contribution in [2.24, 2.45) is 7.05 Å². The first-order chi connectivity index (χ1) is 12.2. The minimum atomic E-state index is -0.0983. The Kier molecular flexibility index (Phi) is 3.32. The van der Waals surface area contributed by atoms with Crippen molar-refractivity contribution in [3.8, 4) is 0 Å². The van der Waals surface area contributed by atoms with Crippen LogP contribution in [0.15, 0.2) is 12.3 Å². The Morgan fingerprint density at radius 1 is 1.28 bits per heavy atom. The average Bonchev–Trinajstić information content (AvgIpc) is 3.27. The van der Waals surface area contributed by atoms with E-state index in [-0.39, 0.29) is 5.60 Å². The highest BCUT2D eigenvalue weighted by Crippen LogP contribution is 2.43. The molecule has 5 rings (SSSR count). The summed E-state index contributed by atoms with van der Waals surface area (Å²) in [5, 5.41) is 9.54. The minimum Gasteiger partial charge on any atom is -0.381 e. The molecule has 0 radical (unpaired) electrons. The van der Waals surface area contributed by atoms with Crippen LogP contribution in [-0.2, 0) is 11.9 Å². The first kappa shape index (κ1) is 15.2. The van der Waals surface area contributed by atoms with Gasteiger partial charge in [0.05, 0.1) is 22.5 Å². The van der Waals surface area contributed by atoms with Gasteiger partial charge in [0.2, 0.25) is 0 Å². The standard InChI is InChI=1S/C19H25N5O/c1-12-16-17(21-13-6-3-4-7-13)14(11-20-18(16)24(2)22-12)15-10-19(25-23-15)8-5-9-19/h10-11,13,23H,3-9H2,1-2H3,(H,20,21). The van der Waals surface area contributed by atoms with Gasteiger partial charge in [-0.25, -0.2) is 4.98 Å². The first-order valence-electron chi connectivity index (χ1n) is 9.41. The van der Waals surface area contributed by atoms with Crippen LogP contribution in [0.5, 0.6) is 0 Å². The summed E-state index contributed by atoms with van der Waals surface area (Å²) in [4.78, 5) is 10.6. The largest absolute Gasteiger partial charge is 0.381 e. The molecule has 2 aromatic heterocycles. The number of hydrogen-bond acceptors (Lipinski definition) is 5. The number of nitrogens with one attached hydrogen (secondary N) is 2. The van der Waals surface area contributed by atoms with Crippen LogP contribution in [0, 0.1) is 6.92 Å². The van der Waals surface area contributed by atoms with Gasteiger partial charge in [0.15, 0.2) is 5.65 Å². The van der Waals surface area contributed by atoms with Crippen molar-refractivity contribution in [1.82, 2.24) is 20.2 Å². The van der Waals surface area contributed by atoms with Gasteiger partial charge in [0.1, 0.15) is 5.60 Å². The maximum Gasteiger partial charge on any atom is 0.159 e. The van der Waals surface area contributed by atoms with Crippen LogP contribution in [-0.4, -0.2) is 26.4 Å². The molecule has 2 saturated carbocycles. The molecule has 1 spiro atoms. The molecule has 132 valence electrons. The molecule has 0 aromatic carbocycles. The van der Waals surface area contributed by atoms with E-state index in [0.29, 0.717) is 6.04 Å². The molecule has 2 N–H and O–H groups in total. The van der Waals surface area contributed by atoms with E-state index in [2.05, 4.69) is 28.9 Å². The monoisotopic (exact) mass is 339 g/mol. The molecule has 2 aliphatic carbocycles. The summed E-state index contributed by atoms with van der Waals surface area (Å²) in [5.74, 6) is 0. The van der Waals surface area contributed by atoms with Crippen molar-refractivity contribution in [3.05, 3.63) is 23.5 Å². The number of aryl methyl sites for hydroxylation is 2. The number of nitrogens with zero attached hydrogens (tertiary/aromatic N) is 3. The fourth-order valence-electron chi connectivity index (χ4n) is 4.42. The smallest absolute Gasteiger partial charge is 0.159 e. The second kappa shape index (κ2) is 5.46. The zero-order valence-corrected chi connectivity index (χ0v) is 14.9. The lowest BCUT2D eigenvalue weighted by molar-refractivity contribution is -0.0821. The predicted octanol–water partition coefficient (Wildman–Crippen LogP) is 3.43. The summed E-state index contributed by atoms with van der Waals surface area (Å²) >= 11 is 0. The summed E-state index contributed by atoms with van der Waals surface area (Å²) in [6, 6.07) is 0.532. The fourth-order valence-corrected chi connectivity index (χ4v) is 4.42. The number of rotatable bonds is 3. The van der Waals surface area contributed by atoms with E-state index in [1.165, 1.54) is 32.1 Å². The van der Waals surface area contributed by atoms with Crippen molar-refractivity contribution in [2.45, 2.75) is 63.5 Å². The highest BCUT2D eigenvalue weighted by Gasteiger charge is 2.41.